The lowest BCUT2D eigenvalue weighted by atomic mass is 10.1. The minimum atomic E-state index is -0.930. The lowest BCUT2D eigenvalue weighted by Gasteiger charge is -2.22. The molecule has 0 aliphatic heterocycles. The van der Waals surface area contributed by atoms with Crippen molar-refractivity contribution in [2.45, 2.75) is 24.5 Å². The molecule has 3 rings (SSSR count). The normalized spacial score (nSPS) is 16.3. The first-order chi connectivity index (χ1) is 11.5. The number of hydrogen-bond donors (Lipinski definition) is 3. The summed E-state index contributed by atoms with van der Waals surface area (Å²) in [5.74, 6) is 1.06. The summed E-state index contributed by atoms with van der Waals surface area (Å²) in [6.07, 6.45) is 0.412. The van der Waals surface area contributed by atoms with Crippen LogP contribution >= 0.6 is 15.9 Å². The molecule has 2 aromatic carbocycles. The van der Waals surface area contributed by atoms with E-state index in [4.69, 9.17) is 9.84 Å². The molecule has 2 aromatic rings. The maximum Gasteiger partial charge on any atom is 0.251 e. The Morgan fingerprint density at radius 3 is 2.50 bits per heavy atom. The van der Waals surface area contributed by atoms with Gasteiger partial charge in [0.15, 0.2) is 0 Å². The molecule has 1 unspecified atom stereocenters. The van der Waals surface area contributed by atoms with Crippen molar-refractivity contribution in [3.63, 3.8) is 0 Å². The number of carbonyl (C=O) groups excluding carboxylic acids is 1. The third kappa shape index (κ3) is 3.77. The van der Waals surface area contributed by atoms with Gasteiger partial charge in [0, 0.05) is 10.0 Å². The highest BCUT2D eigenvalue weighted by atomic mass is 79.9. The van der Waals surface area contributed by atoms with E-state index in [2.05, 4.69) is 21.2 Å². The van der Waals surface area contributed by atoms with Gasteiger partial charge >= 0.3 is 0 Å². The summed E-state index contributed by atoms with van der Waals surface area (Å²) in [4.78, 5) is 12.3. The van der Waals surface area contributed by atoms with E-state index in [-0.39, 0.29) is 12.5 Å². The standard InChI is InChI=1S/C18H18BrNO4/c19-13-2-1-3-15(10-13)24-14-6-4-12(5-7-14)17(23)20-18(8-9-18)16(22)11-21/h1-7,10,16,21-22H,8-9,11H2,(H,20,23). The second kappa shape index (κ2) is 6.93. The zero-order chi connectivity index (χ0) is 17.2. The van der Waals surface area contributed by atoms with E-state index >= 15 is 0 Å². The number of ether oxygens (including phenoxy) is 1. The fourth-order valence-corrected chi connectivity index (χ4v) is 2.87. The Kier molecular flexibility index (Phi) is 4.89. The maximum atomic E-state index is 12.3. The molecule has 0 spiro atoms. The number of nitrogens with one attached hydrogen (secondary N) is 1. The molecule has 1 aliphatic carbocycles. The van der Waals surface area contributed by atoms with Gasteiger partial charge in [0.2, 0.25) is 0 Å². The SMILES string of the molecule is O=C(NC1(C(O)CO)CC1)c1ccc(Oc2cccc(Br)c2)cc1. The Labute approximate surface area is 148 Å². The first kappa shape index (κ1) is 17.0. The van der Waals surface area contributed by atoms with E-state index in [1.165, 1.54) is 0 Å². The highest BCUT2D eigenvalue weighted by Crippen LogP contribution is 2.39. The van der Waals surface area contributed by atoms with Gasteiger partial charge in [-0.25, -0.2) is 0 Å². The van der Waals surface area contributed by atoms with Gasteiger partial charge in [-0.2, -0.15) is 0 Å². The highest BCUT2D eigenvalue weighted by Gasteiger charge is 2.50. The predicted octanol–water partition coefficient (Wildman–Crippen LogP) is 2.86. The molecule has 6 heteroatoms. The van der Waals surface area contributed by atoms with E-state index in [9.17, 15) is 9.90 Å². The van der Waals surface area contributed by atoms with E-state index in [1.807, 2.05) is 24.3 Å². The molecule has 126 valence electrons. The third-order valence-corrected chi connectivity index (χ3v) is 4.60. The summed E-state index contributed by atoms with van der Waals surface area (Å²) >= 11 is 3.39. The lowest BCUT2D eigenvalue weighted by molar-refractivity contribution is 0.0491. The summed E-state index contributed by atoms with van der Waals surface area (Å²) in [6.45, 7) is -0.361. The van der Waals surface area contributed by atoms with Gasteiger partial charge in [0.05, 0.1) is 12.1 Å². The van der Waals surface area contributed by atoms with Crippen LogP contribution in [0.25, 0.3) is 0 Å². The van der Waals surface area contributed by atoms with Crippen LogP contribution in [0.15, 0.2) is 53.0 Å². The Hall–Kier alpha value is -1.89. The van der Waals surface area contributed by atoms with Crippen molar-refractivity contribution in [3.05, 3.63) is 58.6 Å². The Morgan fingerprint density at radius 1 is 1.21 bits per heavy atom. The van der Waals surface area contributed by atoms with Crippen molar-refractivity contribution in [3.8, 4) is 11.5 Å². The van der Waals surface area contributed by atoms with Gasteiger partial charge in [0.25, 0.3) is 5.91 Å². The van der Waals surface area contributed by atoms with Crippen molar-refractivity contribution in [1.29, 1.82) is 0 Å². The zero-order valence-corrected chi connectivity index (χ0v) is 14.5. The number of carbonyl (C=O) groups is 1. The summed E-state index contributed by atoms with van der Waals surface area (Å²) < 4.78 is 6.65. The van der Waals surface area contributed by atoms with Crippen LogP contribution in [0.1, 0.15) is 23.2 Å². The van der Waals surface area contributed by atoms with Crippen molar-refractivity contribution in [2.75, 3.05) is 6.61 Å². The Morgan fingerprint density at radius 2 is 1.92 bits per heavy atom. The van der Waals surface area contributed by atoms with E-state index in [1.54, 1.807) is 24.3 Å². The highest BCUT2D eigenvalue weighted by molar-refractivity contribution is 9.10. The fraction of sp³-hybridized carbons (Fsp3) is 0.278. The Balaban J connectivity index is 1.65. The van der Waals surface area contributed by atoms with E-state index in [0.717, 1.165) is 4.47 Å². The number of aliphatic hydroxyl groups excluding tert-OH is 2. The quantitative estimate of drug-likeness (QED) is 0.707. The summed E-state index contributed by atoms with van der Waals surface area (Å²) in [7, 11) is 0. The minimum Gasteiger partial charge on any atom is -0.457 e. The van der Waals surface area contributed by atoms with Gasteiger partial charge in [-0.3, -0.25) is 4.79 Å². The van der Waals surface area contributed by atoms with Gasteiger partial charge < -0.3 is 20.3 Å². The summed E-state index contributed by atoms with van der Waals surface area (Å²) in [5.41, 5.74) is -0.204. The molecule has 5 nitrogen and oxygen atoms in total. The van der Waals surface area contributed by atoms with Crippen molar-refractivity contribution < 1.29 is 19.7 Å². The molecule has 1 amide bonds. The first-order valence-electron chi connectivity index (χ1n) is 7.67. The number of benzene rings is 2. The molecule has 24 heavy (non-hydrogen) atoms. The second-order valence-electron chi connectivity index (χ2n) is 5.89. The van der Waals surface area contributed by atoms with Crippen LogP contribution in [0, 0.1) is 0 Å². The molecule has 1 fully saturated rings. The van der Waals surface area contributed by atoms with Gasteiger partial charge in [0.1, 0.15) is 17.6 Å². The second-order valence-corrected chi connectivity index (χ2v) is 6.81. The van der Waals surface area contributed by atoms with E-state index < -0.39 is 11.6 Å². The average Bonchev–Trinajstić information content (AvgIpc) is 3.35. The topological polar surface area (TPSA) is 78.8 Å². The molecule has 0 saturated heterocycles. The Bertz CT molecular complexity index is 728. The molecule has 0 heterocycles. The zero-order valence-electron chi connectivity index (χ0n) is 12.9. The minimum absolute atomic E-state index is 0.269. The van der Waals surface area contributed by atoms with Crippen LogP contribution in [0.4, 0.5) is 0 Å². The summed E-state index contributed by atoms with van der Waals surface area (Å²) in [6, 6.07) is 14.3. The number of halogens is 1. The summed E-state index contributed by atoms with van der Waals surface area (Å²) in [5, 5.41) is 21.7. The van der Waals surface area contributed by atoms with Crippen molar-refractivity contribution >= 4 is 21.8 Å². The van der Waals surface area contributed by atoms with Gasteiger partial charge in [-0.1, -0.05) is 22.0 Å². The van der Waals surface area contributed by atoms with Crippen LogP contribution in [0.3, 0.4) is 0 Å². The number of aliphatic hydroxyl groups is 2. The smallest absolute Gasteiger partial charge is 0.251 e. The molecule has 1 saturated carbocycles. The fourth-order valence-electron chi connectivity index (χ4n) is 2.49. The van der Waals surface area contributed by atoms with Crippen molar-refractivity contribution in [1.82, 2.24) is 5.32 Å². The number of hydrogen-bond acceptors (Lipinski definition) is 4. The van der Waals surface area contributed by atoms with Crippen LogP contribution < -0.4 is 10.1 Å². The van der Waals surface area contributed by atoms with Gasteiger partial charge in [-0.05, 0) is 55.3 Å². The number of amides is 1. The average molecular weight is 392 g/mol. The molecule has 1 aliphatic rings. The van der Waals surface area contributed by atoms with Gasteiger partial charge in [-0.15, -0.1) is 0 Å². The first-order valence-corrected chi connectivity index (χ1v) is 8.47. The molecule has 0 aromatic heterocycles. The van der Waals surface area contributed by atoms with E-state index in [0.29, 0.717) is 29.9 Å². The van der Waals surface area contributed by atoms with Crippen molar-refractivity contribution in [2.24, 2.45) is 0 Å². The number of rotatable bonds is 6. The molecular formula is C18H18BrNO4. The molecule has 0 bridgehead atoms. The largest absolute Gasteiger partial charge is 0.457 e. The monoisotopic (exact) mass is 391 g/mol. The van der Waals surface area contributed by atoms with Crippen LogP contribution in [-0.2, 0) is 0 Å². The predicted molar refractivity (Wildman–Crippen MR) is 93.2 cm³/mol. The molecule has 3 N–H and O–H groups in total. The maximum absolute atomic E-state index is 12.3. The molecular weight excluding hydrogens is 374 g/mol. The third-order valence-electron chi connectivity index (χ3n) is 4.11. The lowest BCUT2D eigenvalue weighted by Crippen LogP contribution is -2.47. The van der Waals surface area contributed by atoms with Crippen LogP contribution in [0.2, 0.25) is 0 Å². The van der Waals surface area contributed by atoms with Crippen LogP contribution in [0.5, 0.6) is 11.5 Å². The molecule has 1 atom stereocenters. The molecule has 0 radical (unpaired) electrons. The van der Waals surface area contributed by atoms with Crippen LogP contribution in [-0.4, -0.2) is 34.4 Å².